The second-order valence-electron chi connectivity index (χ2n) is 5.81. The molecule has 1 heterocycles. The van der Waals surface area contributed by atoms with Crippen molar-refractivity contribution < 1.29 is 5.11 Å². The number of benzene rings is 2. The van der Waals surface area contributed by atoms with E-state index < -0.39 is 0 Å². The summed E-state index contributed by atoms with van der Waals surface area (Å²) in [6, 6.07) is 18.0. The lowest BCUT2D eigenvalue weighted by Gasteiger charge is -2.29. The van der Waals surface area contributed by atoms with Crippen LogP contribution in [0.25, 0.3) is 0 Å². The van der Waals surface area contributed by atoms with Crippen molar-refractivity contribution in [1.82, 2.24) is 4.90 Å². The number of rotatable bonds is 3. The highest BCUT2D eigenvalue weighted by atomic mass is 35.5. The molecule has 1 aliphatic heterocycles. The Labute approximate surface area is 142 Å². The van der Waals surface area contributed by atoms with Crippen LogP contribution in [0.1, 0.15) is 30.0 Å². The van der Waals surface area contributed by atoms with E-state index in [0.29, 0.717) is 5.02 Å². The first kappa shape index (κ1) is 16.1. The zero-order valence-electron chi connectivity index (χ0n) is 13.0. The largest absolute Gasteiger partial charge is 0.395 e. The van der Waals surface area contributed by atoms with Gasteiger partial charge >= 0.3 is 0 Å². The van der Waals surface area contributed by atoms with Crippen LogP contribution in [0.5, 0.6) is 0 Å². The van der Waals surface area contributed by atoms with Gasteiger partial charge in [-0.3, -0.25) is 4.90 Å². The molecule has 2 aromatic carbocycles. The molecule has 2 aromatic rings. The van der Waals surface area contributed by atoms with E-state index in [1.165, 1.54) is 0 Å². The standard InChI is InChI=1S/C20H20ClNO/c21-18-9-4-8-17(14-18)20(22-13-5-10-19(22)15-23)12-11-16-6-2-1-3-7-16/h1-4,6-9,14,19-20,23H,5,10,13,15H2/t19-,20+/m0/s1. The van der Waals surface area contributed by atoms with E-state index in [1.807, 2.05) is 48.5 Å². The molecule has 0 aliphatic carbocycles. The molecule has 1 fully saturated rings. The fraction of sp³-hybridized carbons (Fsp3) is 0.300. The van der Waals surface area contributed by atoms with Crippen molar-refractivity contribution in [3.8, 4) is 11.8 Å². The van der Waals surface area contributed by atoms with Crippen LogP contribution in [-0.4, -0.2) is 29.2 Å². The number of nitrogens with zero attached hydrogens (tertiary/aromatic N) is 1. The predicted molar refractivity (Wildman–Crippen MR) is 94.3 cm³/mol. The Kier molecular flexibility index (Phi) is 5.35. The second kappa shape index (κ2) is 7.66. The van der Waals surface area contributed by atoms with Gasteiger partial charge in [-0.15, -0.1) is 0 Å². The molecule has 3 heteroatoms. The topological polar surface area (TPSA) is 23.5 Å². The third-order valence-corrected chi connectivity index (χ3v) is 4.49. The summed E-state index contributed by atoms with van der Waals surface area (Å²) >= 11 is 6.17. The fourth-order valence-electron chi connectivity index (χ4n) is 3.10. The van der Waals surface area contributed by atoms with E-state index in [9.17, 15) is 5.11 Å². The zero-order valence-corrected chi connectivity index (χ0v) is 13.7. The van der Waals surface area contributed by atoms with Crippen LogP contribution in [0.4, 0.5) is 0 Å². The van der Waals surface area contributed by atoms with Gasteiger partial charge in [0.25, 0.3) is 0 Å². The third-order valence-electron chi connectivity index (χ3n) is 4.26. The molecule has 1 saturated heterocycles. The molecular weight excluding hydrogens is 306 g/mol. The van der Waals surface area contributed by atoms with Crippen molar-refractivity contribution >= 4 is 11.6 Å². The minimum Gasteiger partial charge on any atom is -0.395 e. The monoisotopic (exact) mass is 325 g/mol. The zero-order chi connectivity index (χ0) is 16.1. The predicted octanol–water partition coefficient (Wildman–Crippen LogP) is 3.89. The molecule has 2 nitrogen and oxygen atoms in total. The maximum atomic E-state index is 9.66. The number of aliphatic hydroxyl groups excluding tert-OH is 1. The average Bonchev–Trinajstić information content (AvgIpc) is 3.05. The van der Waals surface area contributed by atoms with Crippen molar-refractivity contribution in [2.45, 2.75) is 24.9 Å². The molecule has 118 valence electrons. The Hall–Kier alpha value is -1.79. The van der Waals surface area contributed by atoms with Gasteiger partial charge in [0.1, 0.15) is 0 Å². The van der Waals surface area contributed by atoms with E-state index in [-0.39, 0.29) is 18.7 Å². The summed E-state index contributed by atoms with van der Waals surface area (Å²) in [6.45, 7) is 1.12. The molecule has 2 atom stereocenters. The summed E-state index contributed by atoms with van der Waals surface area (Å²) in [5.41, 5.74) is 2.08. The van der Waals surface area contributed by atoms with Gasteiger partial charge < -0.3 is 5.11 Å². The number of halogens is 1. The van der Waals surface area contributed by atoms with Gasteiger partial charge in [-0.2, -0.15) is 0 Å². The lowest BCUT2D eigenvalue weighted by Crippen LogP contribution is -2.35. The van der Waals surface area contributed by atoms with E-state index in [0.717, 1.165) is 30.5 Å². The smallest absolute Gasteiger partial charge is 0.0978 e. The summed E-state index contributed by atoms with van der Waals surface area (Å²) in [7, 11) is 0. The Balaban J connectivity index is 1.95. The summed E-state index contributed by atoms with van der Waals surface area (Å²) in [4.78, 5) is 2.29. The maximum Gasteiger partial charge on any atom is 0.0978 e. The van der Waals surface area contributed by atoms with Crippen LogP contribution in [0.15, 0.2) is 54.6 Å². The highest BCUT2D eigenvalue weighted by Gasteiger charge is 2.30. The highest BCUT2D eigenvalue weighted by molar-refractivity contribution is 6.30. The first-order valence-corrected chi connectivity index (χ1v) is 8.34. The van der Waals surface area contributed by atoms with E-state index in [2.05, 4.69) is 22.8 Å². The Morgan fingerprint density at radius 1 is 1.17 bits per heavy atom. The fourth-order valence-corrected chi connectivity index (χ4v) is 3.30. The van der Waals surface area contributed by atoms with Gasteiger partial charge in [-0.05, 0) is 42.7 Å². The molecule has 0 bridgehead atoms. The molecule has 1 aliphatic rings. The van der Waals surface area contributed by atoms with Gasteiger partial charge in [0, 0.05) is 23.2 Å². The van der Waals surface area contributed by atoms with Gasteiger partial charge in [0.2, 0.25) is 0 Å². The quantitative estimate of drug-likeness (QED) is 0.865. The van der Waals surface area contributed by atoms with Crippen molar-refractivity contribution in [2.75, 3.05) is 13.2 Å². The van der Waals surface area contributed by atoms with Gasteiger partial charge in [0.15, 0.2) is 0 Å². The number of hydrogen-bond acceptors (Lipinski definition) is 2. The van der Waals surface area contributed by atoms with Crippen LogP contribution in [0, 0.1) is 11.8 Å². The maximum absolute atomic E-state index is 9.66. The second-order valence-corrected chi connectivity index (χ2v) is 6.25. The van der Waals surface area contributed by atoms with Crippen molar-refractivity contribution in [2.24, 2.45) is 0 Å². The van der Waals surface area contributed by atoms with Crippen LogP contribution in [-0.2, 0) is 0 Å². The molecule has 0 amide bonds. The van der Waals surface area contributed by atoms with Crippen molar-refractivity contribution in [1.29, 1.82) is 0 Å². The first-order chi connectivity index (χ1) is 11.3. The summed E-state index contributed by atoms with van der Waals surface area (Å²) in [5, 5.41) is 10.4. The molecule has 0 aromatic heterocycles. The van der Waals surface area contributed by atoms with Crippen molar-refractivity contribution in [3.05, 3.63) is 70.7 Å². The molecule has 0 saturated carbocycles. The number of likely N-dealkylation sites (tertiary alicyclic amines) is 1. The van der Waals surface area contributed by atoms with Gasteiger partial charge in [-0.25, -0.2) is 0 Å². The molecule has 1 N–H and O–H groups in total. The number of hydrogen-bond donors (Lipinski definition) is 1. The van der Waals surface area contributed by atoms with Crippen LogP contribution in [0.2, 0.25) is 5.02 Å². The molecule has 0 radical (unpaired) electrons. The summed E-state index contributed by atoms with van der Waals surface area (Å²) in [5.74, 6) is 6.66. The highest BCUT2D eigenvalue weighted by Crippen LogP contribution is 2.30. The molecular formula is C20H20ClNO. The first-order valence-electron chi connectivity index (χ1n) is 7.96. The molecule has 3 rings (SSSR count). The SMILES string of the molecule is OC[C@@H]1CCCN1[C@H](C#Cc1ccccc1)c1cccc(Cl)c1. The van der Waals surface area contributed by atoms with Crippen molar-refractivity contribution in [3.63, 3.8) is 0 Å². The minimum absolute atomic E-state index is 0.0476. The number of aliphatic hydroxyl groups is 1. The Morgan fingerprint density at radius 2 is 2.00 bits per heavy atom. The van der Waals surface area contributed by atoms with E-state index in [4.69, 9.17) is 11.6 Å². The Morgan fingerprint density at radius 3 is 2.74 bits per heavy atom. The normalized spacial score (nSPS) is 19.1. The summed E-state index contributed by atoms with van der Waals surface area (Å²) < 4.78 is 0. The van der Waals surface area contributed by atoms with Gasteiger partial charge in [0.05, 0.1) is 12.6 Å². The van der Waals surface area contributed by atoms with Crippen LogP contribution in [0.3, 0.4) is 0 Å². The van der Waals surface area contributed by atoms with E-state index >= 15 is 0 Å². The third kappa shape index (κ3) is 3.95. The Bertz CT molecular complexity index is 704. The average molecular weight is 326 g/mol. The van der Waals surface area contributed by atoms with Crippen LogP contribution < -0.4 is 0 Å². The molecule has 0 unspecified atom stereocenters. The van der Waals surface area contributed by atoms with Crippen LogP contribution >= 0.6 is 11.6 Å². The molecule has 0 spiro atoms. The molecule has 23 heavy (non-hydrogen) atoms. The lowest BCUT2D eigenvalue weighted by molar-refractivity contribution is 0.140. The minimum atomic E-state index is -0.0476. The van der Waals surface area contributed by atoms with E-state index in [1.54, 1.807) is 0 Å². The lowest BCUT2D eigenvalue weighted by atomic mass is 10.0. The summed E-state index contributed by atoms with van der Waals surface area (Å²) in [6.07, 6.45) is 2.11. The van der Waals surface area contributed by atoms with Gasteiger partial charge in [-0.1, -0.05) is 53.8 Å².